The van der Waals surface area contributed by atoms with Crippen LogP contribution in [0.15, 0.2) is 12.1 Å². The molecule has 0 bridgehead atoms. The Bertz CT molecular complexity index is 518. The lowest BCUT2D eigenvalue weighted by Crippen LogP contribution is -2.01. The Hall–Kier alpha value is -0.450. The highest BCUT2D eigenvalue weighted by Crippen LogP contribution is 2.27. The Labute approximate surface area is 130 Å². The predicted molar refractivity (Wildman–Crippen MR) is 84.5 cm³/mol. The van der Waals surface area contributed by atoms with E-state index in [-0.39, 0.29) is 5.75 Å². The molecule has 114 valence electrons. The van der Waals surface area contributed by atoms with Crippen LogP contribution in [0, 0.1) is 13.8 Å². The molecule has 0 unspecified atom stereocenters. The molecule has 0 amide bonds. The topological polar surface area (TPSA) is 43.4 Å². The highest BCUT2D eigenvalue weighted by molar-refractivity contribution is 8.13. The molecule has 0 atom stereocenters. The van der Waals surface area contributed by atoms with Crippen molar-refractivity contribution in [1.29, 1.82) is 0 Å². The first kappa shape index (κ1) is 17.6. The molecule has 0 aromatic heterocycles. The molecule has 6 heteroatoms. The zero-order valence-corrected chi connectivity index (χ0v) is 14.1. The van der Waals surface area contributed by atoms with Crippen LogP contribution in [0.1, 0.15) is 36.8 Å². The van der Waals surface area contributed by atoms with Crippen LogP contribution in [-0.2, 0) is 9.05 Å². The van der Waals surface area contributed by atoms with Crippen LogP contribution in [0.5, 0.6) is 5.75 Å². The van der Waals surface area contributed by atoms with Crippen molar-refractivity contribution in [2.24, 2.45) is 0 Å². The third-order valence-corrected chi connectivity index (χ3v) is 4.41. The number of benzene rings is 1. The minimum atomic E-state index is -3.35. The molecule has 1 aromatic rings. The lowest BCUT2D eigenvalue weighted by Gasteiger charge is -2.12. The van der Waals surface area contributed by atoms with E-state index in [0.717, 1.165) is 41.2 Å². The summed E-state index contributed by atoms with van der Waals surface area (Å²) in [4.78, 5) is 0. The van der Waals surface area contributed by atoms with Gasteiger partial charge in [-0.15, -0.1) is 0 Å². The average Bonchev–Trinajstić information content (AvgIpc) is 2.29. The Balaban J connectivity index is 2.25. The van der Waals surface area contributed by atoms with Gasteiger partial charge in [0.1, 0.15) is 5.75 Å². The van der Waals surface area contributed by atoms with Gasteiger partial charge >= 0.3 is 0 Å². The van der Waals surface area contributed by atoms with Crippen molar-refractivity contribution in [2.45, 2.75) is 39.5 Å². The second-order valence-corrected chi connectivity index (χ2v) is 8.21. The van der Waals surface area contributed by atoms with Crippen LogP contribution in [0.3, 0.4) is 0 Å². The van der Waals surface area contributed by atoms with E-state index in [0.29, 0.717) is 13.0 Å². The summed E-state index contributed by atoms with van der Waals surface area (Å²) in [5.74, 6) is 0.933. The number of ether oxygens (including phenoxy) is 1. The lowest BCUT2D eigenvalue weighted by atomic mass is 10.1. The van der Waals surface area contributed by atoms with Gasteiger partial charge < -0.3 is 4.74 Å². The summed E-state index contributed by atoms with van der Waals surface area (Å²) < 4.78 is 27.2. The van der Waals surface area contributed by atoms with E-state index in [1.165, 1.54) is 0 Å². The third kappa shape index (κ3) is 6.82. The van der Waals surface area contributed by atoms with Crippen molar-refractivity contribution in [1.82, 2.24) is 0 Å². The third-order valence-electron chi connectivity index (χ3n) is 2.95. The highest BCUT2D eigenvalue weighted by atomic mass is 35.7. The van der Waals surface area contributed by atoms with Crippen molar-refractivity contribution in [2.75, 3.05) is 12.4 Å². The SMILES string of the molecule is Cc1cc(Cl)cc(C)c1OCCCCCCS(=O)(=O)Cl. The Kier molecular flexibility index (Phi) is 7.13. The van der Waals surface area contributed by atoms with Gasteiger partial charge in [0.15, 0.2) is 0 Å². The molecule has 3 nitrogen and oxygen atoms in total. The van der Waals surface area contributed by atoms with Crippen LogP contribution in [-0.4, -0.2) is 20.8 Å². The summed E-state index contributed by atoms with van der Waals surface area (Å²) >= 11 is 5.96. The molecule has 1 aromatic carbocycles. The number of rotatable bonds is 8. The maximum Gasteiger partial charge on any atom is 0.232 e. The highest BCUT2D eigenvalue weighted by Gasteiger charge is 2.06. The van der Waals surface area contributed by atoms with Gasteiger partial charge in [0.2, 0.25) is 9.05 Å². The molecule has 0 aliphatic heterocycles. The molecule has 0 N–H and O–H groups in total. The van der Waals surface area contributed by atoms with Gasteiger partial charge in [-0.1, -0.05) is 24.4 Å². The number of hydrogen-bond donors (Lipinski definition) is 0. The summed E-state index contributed by atoms with van der Waals surface area (Å²) in [5.41, 5.74) is 2.06. The van der Waals surface area contributed by atoms with Crippen LogP contribution in [0.4, 0.5) is 0 Å². The Morgan fingerprint density at radius 3 is 2.15 bits per heavy atom. The van der Waals surface area contributed by atoms with Crippen molar-refractivity contribution in [3.8, 4) is 5.75 Å². The summed E-state index contributed by atoms with van der Waals surface area (Å²) in [6.45, 7) is 4.57. The lowest BCUT2D eigenvalue weighted by molar-refractivity contribution is 0.301. The molecule has 0 radical (unpaired) electrons. The number of hydrogen-bond acceptors (Lipinski definition) is 3. The fraction of sp³-hybridized carbons (Fsp3) is 0.571. The average molecular weight is 339 g/mol. The van der Waals surface area contributed by atoms with Crippen molar-refractivity contribution in [3.05, 3.63) is 28.3 Å². The van der Waals surface area contributed by atoms with Crippen LogP contribution < -0.4 is 4.74 Å². The molecule has 0 saturated carbocycles. The van der Waals surface area contributed by atoms with Gasteiger partial charge in [0.25, 0.3) is 0 Å². The maximum absolute atomic E-state index is 10.7. The summed E-state index contributed by atoms with van der Waals surface area (Å²) in [5, 5.41) is 0.717. The van der Waals surface area contributed by atoms with E-state index in [9.17, 15) is 8.42 Å². The first-order valence-corrected chi connectivity index (χ1v) is 9.47. The van der Waals surface area contributed by atoms with Crippen LogP contribution in [0.25, 0.3) is 0 Å². The summed E-state index contributed by atoms with van der Waals surface area (Å²) in [7, 11) is 1.79. The molecule has 20 heavy (non-hydrogen) atoms. The smallest absolute Gasteiger partial charge is 0.232 e. The summed E-state index contributed by atoms with van der Waals surface area (Å²) in [6.07, 6.45) is 3.26. The van der Waals surface area contributed by atoms with Gasteiger partial charge in [-0.05, 0) is 49.9 Å². The monoisotopic (exact) mass is 338 g/mol. The van der Waals surface area contributed by atoms with Gasteiger partial charge in [-0.3, -0.25) is 0 Å². The van der Waals surface area contributed by atoms with E-state index < -0.39 is 9.05 Å². The zero-order valence-electron chi connectivity index (χ0n) is 11.8. The van der Waals surface area contributed by atoms with E-state index in [4.69, 9.17) is 27.0 Å². The first-order valence-electron chi connectivity index (χ1n) is 6.61. The minimum Gasteiger partial charge on any atom is -0.493 e. The molecule has 0 aliphatic rings. The van der Waals surface area contributed by atoms with E-state index in [1.807, 2.05) is 26.0 Å². The van der Waals surface area contributed by atoms with E-state index in [2.05, 4.69) is 0 Å². The summed E-state index contributed by atoms with van der Waals surface area (Å²) in [6, 6.07) is 3.77. The van der Waals surface area contributed by atoms with Crippen LogP contribution >= 0.6 is 22.3 Å². The van der Waals surface area contributed by atoms with Gasteiger partial charge in [-0.2, -0.15) is 0 Å². The Morgan fingerprint density at radius 1 is 1.05 bits per heavy atom. The minimum absolute atomic E-state index is 0.0464. The molecular formula is C14H20Cl2O3S. The number of aryl methyl sites for hydroxylation is 2. The largest absolute Gasteiger partial charge is 0.493 e. The zero-order chi connectivity index (χ0) is 15.2. The quantitative estimate of drug-likeness (QED) is 0.519. The Morgan fingerprint density at radius 2 is 1.60 bits per heavy atom. The second kappa shape index (κ2) is 8.11. The molecule has 0 fully saturated rings. The van der Waals surface area contributed by atoms with Crippen molar-refractivity contribution >= 4 is 31.3 Å². The second-order valence-electron chi connectivity index (χ2n) is 4.87. The molecular weight excluding hydrogens is 319 g/mol. The molecule has 0 heterocycles. The van der Waals surface area contributed by atoms with Crippen molar-refractivity contribution in [3.63, 3.8) is 0 Å². The molecule has 0 spiro atoms. The fourth-order valence-electron chi connectivity index (χ4n) is 2.03. The van der Waals surface area contributed by atoms with E-state index >= 15 is 0 Å². The molecule has 0 aliphatic carbocycles. The molecule has 1 rings (SSSR count). The standard InChI is InChI=1S/C14H20Cl2O3S/c1-11-9-13(15)10-12(2)14(11)19-7-5-3-4-6-8-20(16,17)18/h9-10H,3-8H2,1-2H3. The normalized spacial score (nSPS) is 11.6. The maximum atomic E-state index is 10.7. The van der Waals surface area contributed by atoms with Crippen LogP contribution in [0.2, 0.25) is 5.02 Å². The van der Waals surface area contributed by atoms with Crippen molar-refractivity contribution < 1.29 is 13.2 Å². The molecule has 0 saturated heterocycles. The number of unbranched alkanes of at least 4 members (excludes halogenated alkanes) is 3. The van der Waals surface area contributed by atoms with Gasteiger partial charge in [0.05, 0.1) is 12.4 Å². The predicted octanol–water partition coefficient (Wildman–Crippen LogP) is 4.46. The van der Waals surface area contributed by atoms with Gasteiger partial charge in [0, 0.05) is 15.7 Å². The van der Waals surface area contributed by atoms with Gasteiger partial charge in [-0.25, -0.2) is 8.42 Å². The first-order chi connectivity index (χ1) is 9.29. The van der Waals surface area contributed by atoms with E-state index in [1.54, 1.807) is 0 Å². The number of halogens is 2. The fourth-order valence-corrected chi connectivity index (χ4v) is 3.23.